The Balaban J connectivity index is 2.49. The normalized spacial score (nSPS) is 10.9. The Morgan fingerprint density at radius 1 is 1.46 bits per heavy atom. The Morgan fingerprint density at radius 2 is 2.31 bits per heavy atom. The van der Waals surface area contributed by atoms with Gasteiger partial charge >= 0.3 is 0 Å². The van der Waals surface area contributed by atoms with E-state index in [0.29, 0.717) is 18.0 Å². The predicted octanol–water partition coefficient (Wildman–Crippen LogP) is 0.884. The van der Waals surface area contributed by atoms with Gasteiger partial charge in [0.1, 0.15) is 0 Å². The van der Waals surface area contributed by atoms with Crippen LogP contribution in [-0.2, 0) is 6.42 Å². The van der Waals surface area contributed by atoms with Crippen LogP contribution in [0.2, 0.25) is 5.02 Å². The Bertz CT molecular complexity index is 423. The van der Waals surface area contributed by atoms with Crippen LogP contribution in [-0.4, -0.2) is 21.1 Å². The summed E-state index contributed by atoms with van der Waals surface area (Å²) < 4.78 is 1.66. The first-order valence-electron chi connectivity index (χ1n) is 4.00. The van der Waals surface area contributed by atoms with Gasteiger partial charge in [0.25, 0.3) is 0 Å². The molecule has 0 radical (unpaired) electrons. The van der Waals surface area contributed by atoms with E-state index < -0.39 is 0 Å². The van der Waals surface area contributed by atoms with Gasteiger partial charge in [-0.05, 0) is 18.7 Å². The molecule has 0 saturated heterocycles. The topological polar surface area (TPSA) is 56.2 Å². The van der Waals surface area contributed by atoms with Crippen molar-refractivity contribution < 1.29 is 0 Å². The van der Waals surface area contributed by atoms with E-state index in [9.17, 15) is 0 Å². The van der Waals surface area contributed by atoms with Crippen LogP contribution in [0.5, 0.6) is 0 Å². The molecule has 0 aliphatic carbocycles. The maximum Gasteiger partial charge on any atom is 0.155 e. The van der Waals surface area contributed by atoms with Crippen LogP contribution in [0, 0.1) is 0 Å². The highest BCUT2D eigenvalue weighted by Gasteiger charge is 2.01. The maximum absolute atomic E-state index is 5.79. The van der Waals surface area contributed by atoms with Crippen molar-refractivity contribution in [1.29, 1.82) is 0 Å². The highest BCUT2D eigenvalue weighted by Crippen LogP contribution is 2.09. The minimum absolute atomic E-state index is 0.560. The van der Waals surface area contributed by atoms with E-state index in [1.54, 1.807) is 16.8 Å². The quantitative estimate of drug-likeness (QED) is 0.776. The molecule has 0 aliphatic heterocycles. The lowest BCUT2D eigenvalue weighted by Crippen LogP contribution is -2.04. The smallest absolute Gasteiger partial charge is 0.155 e. The molecule has 0 spiro atoms. The lowest BCUT2D eigenvalue weighted by atomic mass is 10.4. The van der Waals surface area contributed by atoms with Gasteiger partial charge in [0, 0.05) is 12.6 Å². The minimum Gasteiger partial charge on any atom is -0.330 e. The summed E-state index contributed by atoms with van der Waals surface area (Å²) in [6, 6.07) is 3.62. The molecule has 2 N–H and O–H groups in total. The summed E-state index contributed by atoms with van der Waals surface area (Å²) >= 11 is 5.79. The molecular formula is C8H9ClN4. The summed E-state index contributed by atoms with van der Waals surface area (Å²) in [5.74, 6) is 0.754. The first-order valence-corrected chi connectivity index (χ1v) is 4.38. The molecule has 2 aromatic rings. The molecule has 0 aromatic carbocycles. The molecular weight excluding hydrogens is 188 g/mol. The zero-order valence-corrected chi connectivity index (χ0v) is 7.70. The van der Waals surface area contributed by atoms with Crippen LogP contribution in [0.1, 0.15) is 5.82 Å². The first kappa shape index (κ1) is 8.47. The maximum atomic E-state index is 5.79. The second-order valence-corrected chi connectivity index (χ2v) is 3.15. The largest absolute Gasteiger partial charge is 0.330 e. The van der Waals surface area contributed by atoms with Gasteiger partial charge < -0.3 is 5.73 Å². The average Bonchev–Trinajstić information content (AvgIpc) is 2.46. The molecule has 0 fully saturated rings. The molecule has 0 aliphatic rings. The number of halogens is 1. The van der Waals surface area contributed by atoms with Crippen LogP contribution in [0.15, 0.2) is 18.3 Å². The number of aromatic nitrogens is 3. The Hall–Kier alpha value is -1.13. The first-order chi connectivity index (χ1) is 6.29. The molecule has 68 valence electrons. The Labute approximate surface area is 80.3 Å². The molecule has 2 heterocycles. The van der Waals surface area contributed by atoms with E-state index in [2.05, 4.69) is 10.1 Å². The van der Waals surface area contributed by atoms with Gasteiger partial charge in [-0.3, -0.25) is 0 Å². The second kappa shape index (κ2) is 3.32. The zero-order chi connectivity index (χ0) is 9.26. The van der Waals surface area contributed by atoms with Crippen molar-refractivity contribution >= 4 is 17.2 Å². The number of fused-ring (bicyclic) bond motifs is 1. The summed E-state index contributed by atoms with van der Waals surface area (Å²) in [6.07, 6.45) is 2.42. The van der Waals surface area contributed by atoms with E-state index in [1.165, 1.54) is 0 Å². The van der Waals surface area contributed by atoms with Gasteiger partial charge in [-0.2, -0.15) is 5.10 Å². The van der Waals surface area contributed by atoms with E-state index in [-0.39, 0.29) is 0 Å². The van der Waals surface area contributed by atoms with Gasteiger partial charge in [0.05, 0.1) is 5.02 Å². The predicted molar refractivity (Wildman–Crippen MR) is 50.8 cm³/mol. The van der Waals surface area contributed by atoms with Crippen molar-refractivity contribution in [3.05, 3.63) is 29.2 Å². The molecule has 2 rings (SSSR count). The third kappa shape index (κ3) is 1.64. The molecule has 0 bridgehead atoms. The lowest BCUT2D eigenvalue weighted by molar-refractivity contribution is 0.844. The molecule has 5 heteroatoms. The minimum atomic E-state index is 0.560. The zero-order valence-electron chi connectivity index (χ0n) is 6.94. The standard InChI is InChI=1S/C8H9ClN4/c9-6-1-2-8-11-7(3-4-10)12-13(8)5-6/h1-2,5H,3-4,10H2. The van der Waals surface area contributed by atoms with Crippen LogP contribution in [0.4, 0.5) is 0 Å². The third-order valence-corrected chi connectivity index (χ3v) is 1.93. The van der Waals surface area contributed by atoms with Crippen molar-refractivity contribution in [2.24, 2.45) is 5.73 Å². The van der Waals surface area contributed by atoms with Crippen molar-refractivity contribution in [3.8, 4) is 0 Å². The van der Waals surface area contributed by atoms with Crippen LogP contribution < -0.4 is 5.73 Å². The van der Waals surface area contributed by atoms with Gasteiger partial charge in [-0.1, -0.05) is 11.6 Å². The van der Waals surface area contributed by atoms with Gasteiger partial charge in [-0.15, -0.1) is 0 Å². The molecule has 4 nitrogen and oxygen atoms in total. The molecule has 0 amide bonds. The van der Waals surface area contributed by atoms with Gasteiger partial charge in [0.15, 0.2) is 11.5 Å². The van der Waals surface area contributed by atoms with E-state index in [1.807, 2.05) is 6.07 Å². The number of nitrogens with zero attached hydrogens (tertiary/aromatic N) is 3. The van der Waals surface area contributed by atoms with Crippen LogP contribution in [0.3, 0.4) is 0 Å². The number of nitrogens with two attached hydrogens (primary N) is 1. The lowest BCUT2D eigenvalue weighted by Gasteiger charge is -1.89. The SMILES string of the molecule is NCCc1nc2ccc(Cl)cn2n1. The van der Waals surface area contributed by atoms with Gasteiger partial charge in [0.2, 0.25) is 0 Å². The van der Waals surface area contributed by atoms with Crippen LogP contribution >= 0.6 is 11.6 Å². The summed E-state index contributed by atoms with van der Waals surface area (Å²) in [5, 5.41) is 4.85. The van der Waals surface area contributed by atoms with Crippen molar-refractivity contribution in [1.82, 2.24) is 14.6 Å². The van der Waals surface area contributed by atoms with Crippen LogP contribution in [0.25, 0.3) is 5.65 Å². The monoisotopic (exact) mass is 196 g/mol. The Kier molecular flexibility index (Phi) is 2.16. The van der Waals surface area contributed by atoms with Crippen molar-refractivity contribution in [3.63, 3.8) is 0 Å². The molecule has 2 aromatic heterocycles. The summed E-state index contributed by atoms with van der Waals surface area (Å²) in [6.45, 7) is 0.560. The number of hydrogen-bond acceptors (Lipinski definition) is 3. The summed E-state index contributed by atoms with van der Waals surface area (Å²) in [7, 11) is 0. The highest BCUT2D eigenvalue weighted by atomic mass is 35.5. The second-order valence-electron chi connectivity index (χ2n) is 2.72. The fraction of sp³-hybridized carbons (Fsp3) is 0.250. The van der Waals surface area contributed by atoms with Gasteiger partial charge in [-0.25, -0.2) is 9.50 Å². The molecule has 0 unspecified atom stereocenters. The molecule has 0 atom stereocenters. The fourth-order valence-corrected chi connectivity index (χ4v) is 1.29. The Morgan fingerprint density at radius 3 is 3.08 bits per heavy atom. The molecule has 0 saturated carbocycles. The average molecular weight is 197 g/mol. The van der Waals surface area contributed by atoms with Crippen molar-refractivity contribution in [2.75, 3.05) is 6.54 Å². The summed E-state index contributed by atoms with van der Waals surface area (Å²) in [4.78, 5) is 4.26. The highest BCUT2D eigenvalue weighted by molar-refractivity contribution is 6.30. The molecule has 13 heavy (non-hydrogen) atoms. The van der Waals surface area contributed by atoms with E-state index in [4.69, 9.17) is 17.3 Å². The van der Waals surface area contributed by atoms with E-state index in [0.717, 1.165) is 11.5 Å². The number of rotatable bonds is 2. The third-order valence-electron chi connectivity index (χ3n) is 1.71. The van der Waals surface area contributed by atoms with E-state index >= 15 is 0 Å². The number of pyridine rings is 1. The van der Waals surface area contributed by atoms with Crippen molar-refractivity contribution in [2.45, 2.75) is 6.42 Å². The fourth-order valence-electron chi connectivity index (χ4n) is 1.14. The number of hydrogen-bond donors (Lipinski definition) is 1. The summed E-state index contributed by atoms with van der Waals surface area (Å²) in [5.41, 5.74) is 6.20.